The summed E-state index contributed by atoms with van der Waals surface area (Å²) >= 11 is 0. The monoisotopic (exact) mass is 438 g/mol. The van der Waals surface area contributed by atoms with Crippen LogP contribution < -0.4 is 9.64 Å². The molecule has 0 atom stereocenters. The van der Waals surface area contributed by atoms with Crippen molar-refractivity contribution in [2.45, 2.75) is 24.9 Å². The Morgan fingerprint density at radius 2 is 1.63 bits per heavy atom. The first-order valence-corrected chi connectivity index (χ1v) is 8.24. The molecule has 30 heavy (non-hydrogen) atoms. The van der Waals surface area contributed by atoms with E-state index in [0.29, 0.717) is 18.8 Å². The summed E-state index contributed by atoms with van der Waals surface area (Å²) in [5, 5.41) is 25.2. The number of carboxylic acids is 2. The van der Waals surface area contributed by atoms with Gasteiger partial charge >= 0.3 is 18.1 Å². The van der Waals surface area contributed by atoms with E-state index in [-0.39, 0.29) is 24.4 Å². The largest absolute Gasteiger partial charge is 0.490 e. The highest BCUT2D eigenvalue weighted by molar-refractivity contribution is 5.87. The van der Waals surface area contributed by atoms with Gasteiger partial charge in [-0.25, -0.2) is 23.5 Å². The Bertz CT molecular complexity index is 875. The fourth-order valence-corrected chi connectivity index (χ4v) is 2.36. The molecule has 0 bridgehead atoms. The number of anilines is 1. The van der Waals surface area contributed by atoms with Crippen LogP contribution in [-0.4, -0.2) is 62.8 Å². The van der Waals surface area contributed by atoms with Gasteiger partial charge in [-0.3, -0.25) is 0 Å². The highest BCUT2D eigenvalue weighted by atomic mass is 19.4. The molecule has 164 valence electrons. The molecule has 1 aliphatic rings. The van der Waals surface area contributed by atoms with Crippen molar-refractivity contribution >= 4 is 17.6 Å². The number of hydrogen-bond acceptors (Lipinski definition) is 6. The normalized spacial score (nSPS) is 15.7. The standard InChI is InChI=1S/C14H14F2N4O3.C2HF3O2/c15-14(16)5-7-20(8-6-14)9-1-3-10(4-2-9)23-12-11(13(21)22)17-19-18-12;3-2(4,5)1(6)7/h1-4H,5-8H2,(H,21,22)(H,17,18,19);(H,6,7). The quantitative estimate of drug-likeness (QED) is 0.621. The minimum absolute atomic E-state index is 0.136. The molecule has 0 spiro atoms. The molecule has 1 aromatic carbocycles. The van der Waals surface area contributed by atoms with Crippen LogP contribution in [0.3, 0.4) is 0 Å². The molecule has 1 aromatic heterocycles. The maximum absolute atomic E-state index is 13.2. The summed E-state index contributed by atoms with van der Waals surface area (Å²) in [5.41, 5.74) is 0.568. The van der Waals surface area contributed by atoms with Gasteiger partial charge in [-0.1, -0.05) is 10.3 Å². The third-order valence-corrected chi connectivity index (χ3v) is 3.88. The van der Waals surface area contributed by atoms with E-state index >= 15 is 0 Å². The van der Waals surface area contributed by atoms with E-state index in [4.69, 9.17) is 19.7 Å². The zero-order chi connectivity index (χ0) is 22.5. The maximum atomic E-state index is 13.2. The van der Waals surface area contributed by atoms with Crippen molar-refractivity contribution in [3.05, 3.63) is 30.0 Å². The molecule has 0 aliphatic carbocycles. The Balaban J connectivity index is 0.000000396. The summed E-state index contributed by atoms with van der Waals surface area (Å²) in [6.45, 7) is 0.583. The van der Waals surface area contributed by atoms with Crippen LogP contribution in [0.4, 0.5) is 27.6 Å². The van der Waals surface area contributed by atoms with Crippen molar-refractivity contribution in [1.29, 1.82) is 0 Å². The SMILES string of the molecule is O=C(O)C(F)(F)F.O=C(O)c1[nH]nnc1Oc1ccc(N2CCC(F)(F)CC2)cc1. The van der Waals surface area contributed by atoms with E-state index < -0.39 is 24.0 Å². The van der Waals surface area contributed by atoms with Gasteiger partial charge in [0.2, 0.25) is 5.69 Å². The fourth-order valence-electron chi connectivity index (χ4n) is 2.36. The predicted molar refractivity (Wildman–Crippen MR) is 89.9 cm³/mol. The Labute approximate surface area is 165 Å². The van der Waals surface area contributed by atoms with Crippen molar-refractivity contribution in [2.24, 2.45) is 0 Å². The number of aromatic amines is 1. The highest BCUT2D eigenvalue weighted by Crippen LogP contribution is 2.31. The molecule has 1 aliphatic heterocycles. The van der Waals surface area contributed by atoms with Crippen molar-refractivity contribution < 1.29 is 46.5 Å². The van der Waals surface area contributed by atoms with E-state index in [1.165, 1.54) is 0 Å². The first-order chi connectivity index (χ1) is 13.9. The van der Waals surface area contributed by atoms with Crippen LogP contribution in [0, 0.1) is 0 Å². The molecule has 2 aromatic rings. The summed E-state index contributed by atoms with van der Waals surface area (Å²) < 4.78 is 63.4. The molecule has 3 N–H and O–H groups in total. The number of carbonyl (C=O) groups is 2. The summed E-state index contributed by atoms with van der Waals surface area (Å²) in [6, 6.07) is 6.73. The predicted octanol–water partition coefficient (Wildman–Crippen LogP) is 3.16. The van der Waals surface area contributed by atoms with Gasteiger partial charge in [0, 0.05) is 31.6 Å². The second-order valence-electron chi connectivity index (χ2n) is 6.04. The summed E-state index contributed by atoms with van der Waals surface area (Å²) in [4.78, 5) is 21.7. The van der Waals surface area contributed by atoms with Gasteiger partial charge in [-0.2, -0.15) is 13.2 Å². The second-order valence-corrected chi connectivity index (χ2v) is 6.04. The van der Waals surface area contributed by atoms with Crippen molar-refractivity contribution in [2.75, 3.05) is 18.0 Å². The minimum atomic E-state index is -5.08. The molecule has 3 rings (SSSR count). The van der Waals surface area contributed by atoms with Crippen LogP contribution in [0.15, 0.2) is 24.3 Å². The lowest BCUT2D eigenvalue weighted by molar-refractivity contribution is -0.192. The first-order valence-electron chi connectivity index (χ1n) is 8.24. The molecule has 14 heteroatoms. The number of H-pyrrole nitrogens is 1. The number of alkyl halides is 5. The average molecular weight is 438 g/mol. The zero-order valence-electron chi connectivity index (χ0n) is 15.0. The fraction of sp³-hybridized carbons (Fsp3) is 0.375. The number of ether oxygens (including phenoxy) is 1. The van der Waals surface area contributed by atoms with Gasteiger partial charge in [-0.15, -0.1) is 0 Å². The van der Waals surface area contributed by atoms with E-state index in [1.54, 1.807) is 24.3 Å². The van der Waals surface area contributed by atoms with E-state index in [2.05, 4.69) is 15.4 Å². The molecular formula is C16H15F5N4O5. The topological polar surface area (TPSA) is 129 Å². The highest BCUT2D eigenvalue weighted by Gasteiger charge is 2.38. The first kappa shape index (κ1) is 22.8. The summed E-state index contributed by atoms with van der Waals surface area (Å²) in [6.07, 6.45) is -5.40. The van der Waals surface area contributed by atoms with Crippen LogP contribution >= 0.6 is 0 Å². The Hall–Kier alpha value is -3.45. The molecule has 9 nitrogen and oxygen atoms in total. The molecule has 0 saturated carbocycles. The lowest BCUT2D eigenvalue weighted by Gasteiger charge is -2.33. The molecule has 2 heterocycles. The number of aliphatic carboxylic acids is 1. The lowest BCUT2D eigenvalue weighted by atomic mass is 10.1. The molecular weight excluding hydrogens is 423 g/mol. The number of nitrogens with zero attached hydrogens (tertiary/aromatic N) is 3. The maximum Gasteiger partial charge on any atom is 0.490 e. The molecule has 1 saturated heterocycles. The molecule has 1 fully saturated rings. The third-order valence-electron chi connectivity index (χ3n) is 3.88. The third kappa shape index (κ3) is 6.28. The van der Waals surface area contributed by atoms with Gasteiger partial charge in [0.05, 0.1) is 0 Å². The second kappa shape index (κ2) is 8.92. The van der Waals surface area contributed by atoms with Crippen LogP contribution in [0.5, 0.6) is 11.6 Å². The Kier molecular flexibility index (Phi) is 6.79. The smallest absolute Gasteiger partial charge is 0.476 e. The van der Waals surface area contributed by atoms with Crippen LogP contribution in [0.25, 0.3) is 0 Å². The molecule has 0 radical (unpaired) electrons. The number of carboxylic acid groups (broad SMARTS) is 2. The lowest BCUT2D eigenvalue weighted by Crippen LogP contribution is -2.39. The van der Waals surface area contributed by atoms with Gasteiger partial charge in [0.15, 0.2) is 0 Å². The van der Waals surface area contributed by atoms with E-state index in [9.17, 15) is 26.7 Å². The van der Waals surface area contributed by atoms with Gasteiger partial charge in [-0.05, 0) is 24.3 Å². The zero-order valence-corrected chi connectivity index (χ0v) is 15.0. The van der Waals surface area contributed by atoms with E-state index in [1.807, 2.05) is 4.90 Å². The van der Waals surface area contributed by atoms with E-state index in [0.717, 1.165) is 5.69 Å². The van der Waals surface area contributed by atoms with Gasteiger partial charge in [0.1, 0.15) is 5.75 Å². The number of piperidine rings is 1. The van der Waals surface area contributed by atoms with Crippen molar-refractivity contribution in [3.8, 4) is 11.6 Å². The van der Waals surface area contributed by atoms with Gasteiger partial charge in [0.25, 0.3) is 11.8 Å². The molecule has 0 unspecified atom stereocenters. The Morgan fingerprint density at radius 1 is 1.10 bits per heavy atom. The Morgan fingerprint density at radius 3 is 2.10 bits per heavy atom. The number of hydrogen-bond donors (Lipinski definition) is 3. The number of benzene rings is 1. The minimum Gasteiger partial charge on any atom is -0.476 e. The molecule has 0 amide bonds. The summed E-state index contributed by atoms with van der Waals surface area (Å²) in [7, 11) is 0. The number of aromatic carboxylic acids is 1. The van der Waals surface area contributed by atoms with Crippen molar-refractivity contribution in [3.63, 3.8) is 0 Å². The van der Waals surface area contributed by atoms with Crippen LogP contribution in [0.2, 0.25) is 0 Å². The summed E-state index contributed by atoms with van der Waals surface area (Å²) in [5.74, 6) is -6.32. The number of halogens is 5. The van der Waals surface area contributed by atoms with Gasteiger partial charge < -0.3 is 19.8 Å². The van der Waals surface area contributed by atoms with Crippen molar-refractivity contribution in [1.82, 2.24) is 15.4 Å². The number of nitrogens with one attached hydrogen (secondary N) is 1. The number of aromatic nitrogens is 3. The van der Waals surface area contributed by atoms with Crippen LogP contribution in [-0.2, 0) is 4.79 Å². The number of rotatable bonds is 4. The average Bonchev–Trinajstić information content (AvgIpc) is 3.11. The van der Waals surface area contributed by atoms with Crippen LogP contribution in [0.1, 0.15) is 23.3 Å².